The maximum atomic E-state index is 12.3. The largest absolute Gasteiger partial charge is 0.340 e. The van der Waals surface area contributed by atoms with E-state index in [0.717, 1.165) is 0 Å². The molecule has 2 heterocycles. The Balaban J connectivity index is 2.23. The molecule has 0 radical (unpaired) electrons. The molecule has 1 atom stereocenters. The highest BCUT2D eigenvalue weighted by molar-refractivity contribution is 5.98. The summed E-state index contributed by atoms with van der Waals surface area (Å²) >= 11 is 0. The quantitative estimate of drug-likeness (QED) is 0.764. The van der Waals surface area contributed by atoms with Crippen LogP contribution in [0.25, 0.3) is 0 Å². The summed E-state index contributed by atoms with van der Waals surface area (Å²) < 4.78 is 1.57. The van der Waals surface area contributed by atoms with Crippen molar-refractivity contribution in [2.75, 3.05) is 0 Å². The maximum absolute atomic E-state index is 12.3. The average molecular weight is 251 g/mol. The molecule has 1 aliphatic heterocycles. The number of rotatable bonds is 2. The number of amides is 2. The Labute approximate surface area is 105 Å². The van der Waals surface area contributed by atoms with Crippen LogP contribution in [0.2, 0.25) is 0 Å². The number of carbonyl (C=O) groups is 2. The van der Waals surface area contributed by atoms with Gasteiger partial charge in [-0.3, -0.25) is 14.3 Å². The molecule has 1 aromatic rings. The third-order valence-electron chi connectivity index (χ3n) is 3.06. The minimum atomic E-state index is -0.869. The number of hydrogen-bond donors (Lipinski definition) is 1. The molecule has 1 unspecified atom stereocenters. The first kappa shape index (κ1) is 12.5. The van der Waals surface area contributed by atoms with Crippen LogP contribution in [-0.4, -0.2) is 43.3 Å². The van der Waals surface area contributed by atoms with E-state index in [0.29, 0.717) is 12.2 Å². The van der Waals surface area contributed by atoms with Crippen LogP contribution in [-0.2, 0) is 23.2 Å². The monoisotopic (exact) mass is 251 g/mol. The van der Waals surface area contributed by atoms with Crippen molar-refractivity contribution in [1.82, 2.24) is 25.2 Å². The number of carbonyl (C=O) groups excluding carboxylic acids is 2. The lowest BCUT2D eigenvalue weighted by Gasteiger charge is -2.41. The normalized spacial score (nSPS) is 23.1. The van der Waals surface area contributed by atoms with Gasteiger partial charge in [0, 0.05) is 13.2 Å². The molecule has 1 saturated heterocycles. The molecule has 2 amide bonds. The number of piperazine rings is 1. The smallest absolute Gasteiger partial charge is 0.248 e. The third-order valence-corrected chi connectivity index (χ3v) is 3.06. The summed E-state index contributed by atoms with van der Waals surface area (Å²) in [7, 11) is 1.76. The van der Waals surface area contributed by atoms with Gasteiger partial charge in [0.15, 0.2) is 0 Å². The van der Waals surface area contributed by atoms with Crippen molar-refractivity contribution in [2.45, 2.75) is 38.9 Å². The van der Waals surface area contributed by atoms with E-state index in [4.69, 9.17) is 0 Å². The highest BCUT2D eigenvalue weighted by Crippen LogP contribution is 2.19. The highest BCUT2D eigenvalue weighted by Gasteiger charge is 2.43. The van der Waals surface area contributed by atoms with E-state index in [1.165, 1.54) is 4.90 Å². The maximum Gasteiger partial charge on any atom is 0.248 e. The van der Waals surface area contributed by atoms with Crippen LogP contribution in [0.5, 0.6) is 0 Å². The van der Waals surface area contributed by atoms with Crippen LogP contribution in [0.4, 0.5) is 0 Å². The van der Waals surface area contributed by atoms with E-state index in [2.05, 4.69) is 15.6 Å². The molecule has 7 heteroatoms. The Bertz CT molecular complexity index is 493. The molecule has 0 aliphatic carbocycles. The van der Waals surface area contributed by atoms with Gasteiger partial charge < -0.3 is 10.2 Å². The standard InChI is InChI=1S/C11H17N5O2/c1-7-9(17)12-11(2,3)10(18)16(7)6-8-5-15(4)14-13-8/h5,7H,6H2,1-4H3,(H,12,17). The van der Waals surface area contributed by atoms with Crippen molar-refractivity contribution in [3.05, 3.63) is 11.9 Å². The summed E-state index contributed by atoms with van der Waals surface area (Å²) in [5.41, 5.74) is -0.200. The molecule has 1 aliphatic rings. The van der Waals surface area contributed by atoms with Crippen LogP contribution >= 0.6 is 0 Å². The minimum Gasteiger partial charge on any atom is -0.340 e. The number of aromatic nitrogens is 3. The first-order valence-corrected chi connectivity index (χ1v) is 5.79. The summed E-state index contributed by atoms with van der Waals surface area (Å²) in [6.07, 6.45) is 1.74. The molecule has 0 saturated carbocycles. The fourth-order valence-electron chi connectivity index (χ4n) is 1.99. The lowest BCUT2D eigenvalue weighted by Crippen LogP contribution is -2.67. The van der Waals surface area contributed by atoms with Crippen molar-refractivity contribution >= 4 is 11.8 Å². The lowest BCUT2D eigenvalue weighted by atomic mass is 9.97. The first-order valence-electron chi connectivity index (χ1n) is 5.79. The second-order valence-corrected chi connectivity index (χ2v) is 5.11. The third kappa shape index (κ3) is 2.07. The van der Waals surface area contributed by atoms with E-state index in [-0.39, 0.29) is 11.8 Å². The Hall–Kier alpha value is -1.92. The van der Waals surface area contributed by atoms with E-state index < -0.39 is 11.6 Å². The SMILES string of the molecule is CC1C(=O)NC(C)(C)C(=O)N1Cc1cn(C)nn1. The van der Waals surface area contributed by atoms with Gasteiger partial charge in [-0.2, -0.15) is 0 Å². The Morgan fingerprint density at radius 2 is 2.11 bits per heavy atom. The topological polar surface area (TPSA) is 80.1 Å². The van der Waals surface area contributed by atoms with Gasteiger partial charge in [-0.05, 0) is 20.8 Å². The second kappa shape index (κ2) is 4.08. The van der Waals surface area contributed by atoms with Gasteiger partial charge in [-0.15, -0.1) is 5.10 Å². The zero-order chi connectivity index (χ0) is 13.5. The molecule has 1 aromatic heterocycles. The molecule has 0 spiro atoms. The van der Waals surface area contributed by atoms with Crippen LogP contribution in [0, 0.1) is 0 Å². The van der Waals surface area contributed by atoms with E-state index >= 15 is 0 Å². The molecule has 1 fully saturated rings. The molecule has 0 bridgehead atoms. The van der Waals surface area contributed by atoms with Crippen molar-refractivity contribution in [2.24, 2.45) is 7.05 Å². The fourth-order valence-corrected chi connectivity index (χ4v) is 1.99. The average Bonchev–Trinajstić information content (AvgIpc) is 2.67. The Morgan fingerprint density at radius 1 is 1.44 bits per heavy atom. The molecule has 98 valence electrons. The zero-order valence-electron chi connectivity index (χ0n) is 11.0. The summed E-state index contributed by atoms with van der Waals surface area (Å²) in [6.45, 7) is 5.40. The molecule has 1 N–H and O–H groups in total. The second-order valence-electron chi connectivity index (χ2n) is 5.11. The lowest BCUT2D eigenvalue weighted by molar-refractivity contribution is -0.153. The summed E-state index contributed by atoms with van der Waals surface area (Å²) in [5.74, 6) is -0.260. The molecule has 0 aromatic carbocycles. The van der Waals surface area contributed by atoms with E-state index in [1.54, 1.807) is 38.7 Å². The van der Waals surface area contributed by atoms with Crippen LogP contribution in [0.15, 0.2) is 6.20 Å². The van der Waals surface area contributed by atoms with Crippen LogP contribution < -0.4 is 5.32 Å². The number of nitrogens with zero attached hydrogens (tertiary/aromatic N) is 4. The summed E-state index contributed by atoms with van der Waals surface area (Å²) in [6, 6.07) is -0.493. The highest BCUT2D eigenvalue weighted by atomic mass is 16.2. The van der Waals surface area contributed by atoms with Crippen molar-refractivity contribution in [1.29, 1.82) is 0 Å². The Kier molecular flexibility index (Phi) is 2.84. The minimum absolute atomic E-state index is 0.111. The van der Waals surface area contributed by atoms with Crippen LogP contribution in [0.1, 0.15) is 26.5 Å². The van der Waals surface area contributed by atoms with Gasteiger partial charge in [0.25, 0.3) is 0 Å². The molecular weight excluding hydrogens is 234 g/mol. The van der Waals surface area contributed by atoms with Gasteiger partial charge in [0.1, 0.15) is 17.3 Å². The number of nitrogens with one attached hydrogen (secondary N) is 1. The Morgan fingerprint density at radius 3 is 2.67 bits per heavy atom. The van der Waals surface area contributed by atoms with Gasteiger partial charge in [-0.1, -0.05) is 5.21 Å². The van der Waals surface area contributed by atoms with Crippen molar-refractivity contribution in [3.63, 3.8) is 0 Å². The van der Waals surface area contributed by atoms with Crippen LogP contribution in [0.3, 0.4) is 0 Å². The van der Waals surface area contributed by atoms with Gasteiger partial charge in [0.2, 0.25) is 11.8 Å². The predicted octanol–water partition coefficient (Wildman–Crippen LogP) is -0.559. The van der Waals surface area contributed by atoms with Crippen molar-refractivity contribution in [3.8, 4) is 0 Å². The first-order chi connectivity index (χ1) is 8.31. The molecule has 7 nitrogen and oxygen atoms in total. The fraction of sp³-hybridized carbons (Fsp3) is 0.636. The number of hydrogen-bond acceptors (Lipinski definition) is 4. The van der Waals surface area contributed by atoms with Gasteiger partial charge in [0.05, 0.1) is 6.54 Å². The summed E-state index contributed by atoms with van der Waals surface area (Å²) in [5, 5.41) is 10.5. The molecular formula is C11H17N5O2. The van der Waals surface area contributed by atoms with Crippen molar-refractivity contribution < 1.29 is 9.59 Å². The van der Waals surface area contributed by atoms with Gasteiger partial charge in [-0.25, -0.2) is 0 Å². The summed E-state index contributed by atoms with van der Waals surface area (Å²) in [4.78, 5) is 25.6. The van der Waals surface area contributed by atoms with Gasteiger partial charge >= 0.3 is 0 Å². The molecule has 18 heavy (non-hydrogen) atoms. The van der Waals surface area contributed by atoms with E-state index in [1.807, 2.05) is 0 Å². The molecule has 2 rings (SSSR count). The van der Waals surface area contributed by atoms with E-state index in [9.17, 15) is 9.59 Å². The zero-order valence-corrected chi connectivity index (χ0v) is 11.0. The predicted molar refractivity (Wildman–Crippen MR) is 63.2 cm³/mol. The number of aryl methyl sites for hydroxylation is 1.